The maximum absolute atomic E-state index is 4.73. The molecule has 1 aliphatic heterocycles. The summed E-state index contributed by atoms with van der Waals surface area (Å²) in [5, 5.41) is 10.2. The van der Waals surface area contributed by atoms with Crippen molar-refractivity contribution in [3.8, 4) is 0 Å². The SMILES string of the molecule is CCNC(=NCCc1csc(C)n1)NC1CCN(c2ccc(Br)cc2)C1. The Morgan fingerprint density at radius 1 is 1.38 bits per heavy atom. The lowest BCUT2D eigenvalue weighted by Crippen LogP contribution is -2.44. The third-order valence-electron chi connectivity index (χ3n) is 4.37. The highest BCUT2D eigenvalue weighted by molar-refractivity contribution is 9.10. The van der Waals surface area contributed by atoms with E-state index in [4.69, 9.17) is 4.99 Å². The van der Waals surface area contributed by atoms with Gasteiger partial charge in [0.1, 0.15) is 0 Å². The van der Waals surface area contributed by atoms with Gasteiger partial charge in [0.15, 0.2) is 5.96 Å². The molecule has 1 aliphatic rings. The molecule has 7 heteroatoms. The van der Waals surface area contributed by atoms with Crippen LogP contribution in [0.3, 0.4) is 0 Å². The molecule has 0 saturated carbocycles. The number of guanidine groups is 1. The van der Waals surface area contributed by atoms with E-state index in [0.717, 1.165) is 60.2 Å². The topological polar surface area (TPSA) is 52.6 Å². The molecule has 2 N–H and O–H groups in total. The molecule has 3 rings (SSSR count). The van der Waals surface area contributed by atoms with Crippen LogP contribution >= 0.6 is 27.3 Å². The van der Waals surface area contributed by atoms with Crippen molar-refractivity contribution in [2.24, 2.45) is 4.99 Å². The Morgan fingerprint density at radius 2 is 2.19 bits per heavy atom. The standard InChI is InChI=1S/C19H26BrN5S/c1-3-21-19(22-10-8-17-13-26-14(2)23-17)24-16-9-11-25(12-16)18-6-4-15(20)5-7-18/h4-7,13,16H,3,8-12H2,1-2H3,(H2,21,22,24). The Bertz CT molecular complexity index is 728. The van der Waals surface area contributed by atoms with Crippen molar-refractivity contribution in [1.82, 2.24) is 15.6 Å². The number of aromatic nitrogens is 1. The highest BCUT2D eigenvalue weighted by Crippen LogP contribution is 2.22. The molecule has 1 aromatic heterocycles. The minimum absolute atomic E-state index is 0.415. The maximum atomic E-state index is 4.73. The number of halogens is 1. The van der Waals surface area contributed by atoms with Crippen LogP contribution in [0.15, 0.2) is 39.1 Å². The molecule has 26 heavy (non-hydrogen) atoms. The van der Waals surface area contributed by atoms with Gasteiger partial charge in [0, 0.05) is 54.2 Å². The number of aliphatic imine (C=N–C) groups is 1. The molecule has 1 atom stereocenters. The highest BCUT2D eigenvalue weighted by atomic mass is 79.9. The molecule has 0 amide bonds. The summed E-state index contributed by atoms with van der Waals surface area (Å²) >= 11 is 5.20. The fourth-order valence-corrected chi connectivity index (χ4v) is 3.99. The average molecular weight is 436 g/mol. The Kier molecular flexibility index (Phi) is 6.91. The number of anilines is 1. The molecule has 0 spiro atoms. The lowest BCUT2D eigenvalue weighted by Gasteiger charge is -2.20. The van der Waals surface area contributed by atoms with Gasteiger partial charge in [-0.2, -0.15) is 0 Å². The minimum atomic E-state index is 0.415. The first kappa shape index (κ1) is 19.2. The Morgan fingerprint density at radius 3 is 2.88 bits per heavy atom. The Hall–Kier alpha value is -1.60. The van der Waals surface area contributed by atoms with Crippen LogP contribution in [-0.2, 0) is 6.42 Å². The van der Waals surface area contributed by atoms with Gasteiger partial charge < -0.3 is 15.5 Å². The lowest BCUT2D eigenvalue weighted by atomic mass is 10.2. The minimum Gasteiger partial charge on any atom is -0.369 e. The van der Waals surface area contributed by atoms with E-state index in [1.165, 1.54) is 5.69 Å². The van der Waals surface area contributed by atoms with Gasteiger partial charge >= 0.3 is 0 Å². The predicted molar refractivity (Wildman–Crippen MR) is 114 cm³/mol. The molecule has 0 bridgehead atoms. The van der Waals surface area contributed by atoms with Gasteiger partial charge in [0.05, 0.1) is 10.7 Å². The quantitative estimate of drug-likeness (QED) is 0.537. The van der Waals surface area contributed by atoms with Crippen molar-refractivity contribution < 1.29 is 0 Å². The van der Waals surface area contributed by atoms with E-state index in [1.54, 1.807) is 11.3 Å². The molecule has 2 heterocycles. The van der Waals surface area contributed by atoms with E-state index in [2.05, 4.69) is 73.0 Å². The smallest absolute Gasteiger partial charge is 0.191 e. The predicted octanol–water partition coefficient (Wildman–Crippen LogP) is 3.59. The second-order valence-corrected chi connectivity index (χ2v) is 8.40. The van der Waals surface area contributed by atoms with Crippen molar-refractivity contribution >= 4 is 38.9 Å². The zero-order valence-electron chi connectivity index (χ0n) is 15.3. The third kappa shape index (κ3) is 5.45. The molecule has 140 valence electrons. The first-order valence-electron chi connectivity index (χ1n) is 9.10. The van der Waals surface area contributed by atoms with E-state index in [0.29, 0.717) is 6.04 Å². The van der Waals surface area contributed by atoms with Gasteiger partial charge in [0.25, 0.3) is 0 Å². The van der Waals surface area contributed by atoms with Crippen molar-refractivity contribution in [1.29, 1.82) is 0 Å². The number of rotatable bonds is 6. The van der Waals surface area contributed by atoms with Gasteiger partial charge in [-0.3, -0.25) is 4.99 Å². The summed E-state index contributed by atoms with van der Waals surface area (Å²) < 4.78 is 1.12. The molecule has 2 aromatic rings. The summed E-state index contributed by atoms with van der Waals surface area (Å²) in [4.78, 5) is 11.7. The van der Waals surface area contributed by atoms with Crippen molar-refractivity contribution in [2.45, 2.75) is 32.7 Å². The van der Waals surface area contributed by atoms with Gasteiger partial charge in [-0.1, -0.05) is 15.9 Å². The van der Waals surface area contributed by atoms with Crippen LogP contribution in [0.1, 0.15) is 24.0 Å². The van der Waals surface area contributed by atoms with E-state index < -0.39 is 0 Å². The van der Waals surface area contributed by atoms with Gasteiger partial charge in [-0.25, -0.2) is 4.98 Å². The number of aryl methyl sites for hydroxylation is 1. The van der Waals surface area contributed by atoms with E-state index in [-0.39, 0.29) is 0 Å². The second kappa shape index (κ2) is 9.37. The molecule has 1 unspecified atom stereocenters. The van der Waals surface area contributed by atoms with Gasteiger partial charge in [-0.15, -0.1) is 11.3 Å². The zero-order chi connectivity index (χ0) is 18.4. The summed E-state index contributed by atoms with van der Waals surface area (Å²) in [5.41, 5.74) is 2.41. The Balaban J connectivity index is 1.52. The van der Waals surface area contributed by atoms with Crippen molar-refractivity contribution in [3.63, 3.8) is 0 Å². The third-order valence-corrected chi connectivity index (χ3v) is 5.72. The lowest BCUT2D eigenvalue weighted by molar-refractivity contribution is 0.649. The van der Waals surface area contributed by atoms with Crippen LogP contribution in [0.5, 0.6) is 0 Å². The van der Waals surface area contributed by atoms with Gasteiger partial charge in [-0.05, 0) is 44.5 Å². The molecule has 1 aromatic carbocycles. The monoisotopic (exact) mass is 435 g/mol. The van der Waals surface area contributed by atoms with Crippen LogP contribution < -0.4 is 15.5 Å². The van der Waals surface area contributed by atoms with Crippen LogP contribution in [0.25, 0.3) is 0 Å². The molecule has 5 nitrogen and oxygen atoms in total. The van der Waals surface area contributed by atoms with Crippen molar-refractivity contribution in [3.05, 3.63) is 44.8 Å². The molecule has 1 saturated heterocycles. The molecular weight excluding hydrogens is 410 g/mol. The second-order valence-electron chi connectivity index (χ2n) is 6.42. The maximum Gasteiger partial charge on any atom is 0.191 e. The van der Waals surface area contributed by atoms with Crippen LogP contribution in [0, 0.1) is 6.92 Å². The summed E-state index contributed by atoms with van der Waals surface area (Å²) in [6.45, 7) is 7.82. The van der Waals surface area contributed by atoms with E-state index in [1.807, 2.05) is 6.92 Å². The molecule has 0 aliphatic carbocycles. The zero-order valence-corrected chi connectivity index (χ0v) is 17.7. The fraction of sp³-hybridized carbons (Fsp3) is 0.474. The largest absolute Gasteiger partial charge is 0.369 e. The molecular formula is C19H26BrN5S. The van der Waals surface area contributed by atoms with Crippen LogP contribution in [0.4, 0.5) is 5.69 Å². The highest BCUT2D eigenvalue weighted by Gasteiger charge is 2.23. The number of benzene rings is 1. The fourth-order valence-electron chi connectivity index (χ4n) is 3.08. The average Bonchev–Trinajstić information content (AvgIpc) is 3.25. The number of thiazole rings is 1. The summed E-state index contributed by atoms with van der Waals surface area (Å²) in [6, 6.07) is 8.95. The van der Waals surface area contributed by atoms with Crippen LogP contribution in [-0.4, -0.2) is 43.2 Å². The van der Waals surface area contributed by atoms with Gasteiger partial charge in [0.2, 0.25) is 0 Å². The van der Waals surface area contributed by atoms with E-state index in [9.17, 15) is 0 Å². The number of hydrogen-bond donors (Lipinski definition) is 2. The van der Waals surface area contributed by atoms with E-state index >= 15 is 0 Å². The number of nitrogens with zero attached hydrogens (tertiary/aromatic N) is 3. The normalized spacial score (nSPS) is 17.6. The van der Waals surface area contributed by atoms with Crippen molar-refractivity contribution in [2.75, 3.05) is 31.1 Å². The first-order valence-corrected chi connectivity index (χ1v) is 10.8. The molecule has 1 fully saturated rings. The number of nitrogens with one attached hydrogen (secondary N) is 2. The van der Waals surface area contributed by atoms with Crippen LogP contribution in [0.2, 0.25) is 0 Å². The first-order chi connectivity index (χ1) is 12.6. The molecule has 0 radical (unpaired) electrons. The summed E-state index contributed by atoms with van der Waals surface area (Å²) in [7, 11) is 0. The Labute approximate surface area is 168 Å². The summed E-state index contributed by atoms with van der Waals surface area (Å²) in [6.07, 6.45) is 2.00. The number of hydrogen-bond acceptors (Lipinski definition) is 4. The summed E-state index contributed by atoms with van der Waals surface area (Å²) in [5.74, 6) is 0.905.